The molecule has 1 heterocycles. The first-order valence-electron chi connectivity index (χ1n) is 10.8. The predicted molar refractivity (Wildman–Crippen MR) is 140 cm³/mol. The van der Waals surface area contributed by atoms with Crippen LogP contribution < -0.4 is 15.4 Å². The third-order valence-electron chi connectivity index (χ3n) is 5.14. The Morgan fingerprint density at radius 2 is 1.91 bits per heavy atom. The van der Waals surface area contributed by atoms with Gasteiger partial charge in [0.25, 0.3) is 0 Å². The molecule has 32 heavy (non-hydrogen) atoms. The van der Waals surface area contributed by atoms with E-state index in [4.69, 9.17) is 25.8 Å². The fourth-order valence-corrected chi connectivity index (χ4v) is 3.52. The largest absolute Gasteiger partial charge is 0.487 e. The Morgan fingerprint density at radius 3 is 2.66 bits per heavy atom. The standard InChI is InChI=1S/C24H32ClN3O3.HI/c1-26-24(27-12-6-13-29-16-19-11-14-30-17-19)28-15-20-7-2-3-8-21(20)18-31-23-10-5-4-9-22(23)25;/h2-5,7-10,19H,6,11-18H2,1H3,(H2,26,27,28);1H. The Morgan fingerprint density at radius 1 is 1.12 bits per heavy atom. The molecule has 0 amide bonds. The van der Waals surface area contributed by atoms with Gasteiger partial charge in [0.15, 0.2) is 5.96 Å². The van der Waals surface area contributed by atoms with Crippen LogP contribution in [0.15, 0.2) is 53.5 Å². The van der Waals surface area contributed by atoms with Crippen LogP contribution in [-0.4, -0.2) is 46.0 Å². The van der Waals surface area contributed by atoms with Gasteiger partial charge in [-0.25, -0.2) is 0 Å². The molecular formula is C24H33ClIN3O3. The summed E-state index contributed by atoms with van der Waals surface area (Å²) >= 11 is 6.19. The molecule has 0 aliphatic carbocycles. The minimum Gasteiger partial charge on any atom is -0.487 e. The number of benzene rings is 2. The summed E-state index contributed by atoms with van der Waals surface area (Å²) in [5, 5.41) is 7.32. The second-order valence-corrected chi connectivity index (χ2v) is 7.91. The van der Waals surface area contributed by atoms with Crippen LogP contribution in [0.1, 0.15) is 24.0 Å². The van der Waals surface area contributed by atoms with Crippen molar-refractivity contribution in [3.63, 3.8) is 0 Å². The van der Waals surface area contributed by atoms with Crippen LogP contribution in [0, 0.1) is 5.92 Å². The highest BCUT2D eigenvalue weighted by atomic mass is 127. The number of nitrogens with zero attached hydrogens (tertiary/aromatic N) is 1. The molecule has 2 aromatic carbocycles. The van der Waals surface area contributed by atoms with Crippen molar-refractivity contribution in [2.75, 3.05) is 40.0 Å². The Kier molecular flexibility index (Phi) is 12.8. The van der Waals surface area contributed by atoms with Crippen molar-refractivity contribution in [2.24, 2.45) is 10.9 Å². The topological polar surface area (TPSA) is 64.1 Å². The predicted octanol–water partition coefficient (Wildman–Crippen LogP) is 4.65. The summed E-state index contributed by atoms with van der Waals surface area (Å²) in [4.78, 5) is 4.31. The van der Waals surface area contributed by atoms with Crippen molar-refractivity contribution >= 4 is 41.5 Å². The maximum atomic E-state index is 6.19. The molecule has 1 aliphatic heterocycles. The van der Waals surface area contributed by atoms with Gasteiger partial charge in [-0.05, 0) is 36.1 Å². The zero-order valence-corrected chi connectivity index (χ0v) is 21.6. The van der Waals surface area contributed by atoms with Crippen molar-refractivity contribution in [3.05, 3.63) is 64.7 Å². The van der Waals surface area contributed by atoms with Gasteiger partial charge in [0.1, 0.15) is 12.4 Å². The van der Waals surface area contributed by atoms with Crippen LogP contribution in [0.4, 0.5) is 0 Å². The maximum absolute atomic E-state index is 6.19. The average molecular weight is 574 g/mol. The highest BCUT2D eigenvalue weighted by Gasteiger charge is 2.15. The SMILES string of the molecule is CN=C(NCCCOCC1CCOC1)NCc1ccccc1COc1ccccc1Cl.I. The number of hydrogen-bond donors (Lipinski definition) is 2. The van der Waals surface area contributed by atoms with E-state index in [0.29, 0.717) is 29.8 Å². The molecule has 0 bridgehead atoms. The summed E-state index contributed by atoms with van der Waals surface area (Å²) in [6.45, 7) is 5.14. The number of aliphatic imine (C=N–C) groups is 1. The zero-order valence-electron chi connectivity index (χ0n) is 18.5. The Bertz CT molecular complexity index is 832. The number of halogens is 2. The molecule has 2 N–H and O–H groups in total. The van der Waals surface area contributed by atoms with E-state index in [-0.39, 0.29) is 24.0 Å². The van der Waals surface area contributed by atoms with E-state index in [1.54, 1.807) is 7.05 Å². The summed E-state index contributed by atoms with van der Waals surface area (Å²) in [5.74, 6) is 2.02. The number of nitrogens with one attached hydrogen (secondary N) is 2. The fraction of sp³-hybridized carbons (Fsp3) is 0.458. The third-order valence-corrected chi connectivity index (χ3v) is 5.46. The van der Waals surface area contributed by atoms with Gasteiger partial charge >= 0.3 is 0 Å². The smallest absolute Gasteiger partial charge is 0.191 e. The van der Waals surface area contributed by atoms with Gasteiger partial charge in [-0.15, -0.1) is 24.0 Å². The van der Waals surface area contributed by atoms with Crippen molar-refractivity contribution in [1.82, 2.24) is 10.6 Å². The molecular weight excluding hydrogens is 541 g/mol. The van der Waals surface area contributed by atoms with Crippen molar-refractivity contribution in [1.29, 1.82) is 0 Å². The number of rotatable bonds is 11. The van der Waals surface area contributed by atoms with Gasteiger partial charge in [0.2, 0.25) is 0 Å². The maximum Gasteiger partial charge on any atom is 0.191 e. The van der Waals surface area contributed by atoms with Crippen LogP contribution in [0.5, 0.6) is 5.75 Å². The van der Waals surface area contributed by atoms with Crippen LogP contribution >= 0.6 is 35.6 Å². The van der Waals surface area contributed by atoms with Gasteiger partial charge in [0.05, 0.1) is 18.2 Å². The van der Waals surface area contributed by atoms with E-state index in [1.165, 1.54) is 0 Å². The molecule has 0 saturated carbocycles. The van der Waals surface area contributed by atoms with Crippen LogP contribution in [0.3, 0.4) is 0 Å². The summed E-state index contributed by atoms with van der Waals surface area (Å²) < 4.78 is 17.0. The molecule has 1 aliphatic rings. The van der Waals surface area contributed by atoms with Gasteiger partial charge in [-0.1, -0.05) is 48.0 Å². The molecule has 0 aromatic heterocycles. The average Bonchev–Trinajstić information content (AvgIpc) is 3.32. The van der Waals surface area contributed by atoms with Crippen molar-refractivity contribution in [2.45, 2.75) is 26.0 Å². The van der Waals surface area contributed by atoms with E-state index in [9.17, 15) is 0 Å². The monoisotopic (exact) mass is 573 g/mol. The molecule has 8 heteroatoms. The second kappa shape index (κ2) is 15.3. The quantitative estimate of drug-likeness (QED) is 0.177. The Labute approximate surface area is 213 Å². The Hall–Kier alpha value is -1.55. The summed E-state index contributed by atoms with van der Waals surface area (Å²) in [7, 11) is 1.78. The molecule has 1 unspecified atom stereocenters. The van der Waals surface area contributed by atoms with Crippen molar-refractivity contribution in [3.8, 4) is 5.75 Å². The molecule has 176 valence electrons. The van der Waals surface area contributed by atoms with Gasteiger partial charge in [-0.2, -0.15) is 0 Å². The first-order valence-corrected chi connectivity index (χ1v) is 11.2. The van der Waals surface area contributed by atoms with Gasteiger partial charge in [0, 0.05) is 39.3 Å². The first kappa shape index (κ1) is 26.7. The lowest BCUT2D eigenvalue weighted by atomic mass is 10.1. The number of para-hydroxylation sites is 1. The van der Waals surface area contributed by atoms with E-state index in [0.717, 1.165) is 62.9 Å². The van der Waals surface area contributed by atoms with Crippen molar-refractivity contribution < 1.29 is 14.2 Å². The normalized spacial score (nSPS) is 15.8. The summed E-state index contributed by atoms with van der Waals surface area (Å²) in [5.41, 5.74) is 2.26. The van der Waals surface area contributed by atoms with E-state index in [2.05, 4.69) is 27.8 Å². The van der Waals surface area contributed by atoms with E-state index < -0.39 is 0 Å². The lowest BCUT2D eigenvalue weighted by Crippen LogP contribution is -2.37. The zero-order chi connectivity index (χ0) is 21.7. The van der Waals surface area contributed by atoms with E-state index >= 15 is 0 Å². The number of guanidine groups is 1. The first-order chi connectivity index (χ1) is 15.3. The highest BCUT2D eigenvalue weighted by molar-refractivity contribution is 14.0. The van der Waals surface area contributed by atoms with Gasteiger partial charge in [-0.3, -0.25) is 4.99 Å². The van der Waals surface area contributed by atoms with E-state index in [1.807, 2.05) is 36.4 Å². The lowest BCUT2D eigenvalue weighted by Gasteiger charge is -2.15. The second-order valence-electron chi connectivity index (χ2n) is 7.50. The minimum absolute atomic E-state index is 0. The third kappa shape index (κ3) is 9.13. The van der Waals surface area contributed by atoms with Crippen LogP contribution in [0.25, 0.3) is 0 Å². The van der Waals surface area contributed by atoms with Crippen LogP contribution in [-0.2, 0) is 22.6 Å². The molecule has 1 saturated heterocycles. The fourth-order valence-electron chi connectivity index (χ4n) is 3.33. The summed E-state index contributed by atoms with van der Waals surface area (Å²) in [6, 6.07) is 15.7. The number of ether oxygens (including phenoxy) is 3. The highest BCUT2D eigenvalue weighted by Crippen LogP contribution is 2.24. The molecule has 0 radical (unpaired) electrons. The van der Waals surface area contributed by atoms with Crippen LogP contribution in [0.2, 0.25) is 5.02 Å². The molecule has 1 fully saturated rings. The molecule has 3 rings (SSSR count). The lowest BCUT2D eigenvalue weighted by molar-refractivity contribution is 0.0888. The van der Waals surface area contributed by atoms with Gasteiger partial charge < -0.3 is 24.8 Å². The molecule has 1 atom stereocenters. The summed E-state index contributed by atoms with van der Waals surface area (Å²) in [6.07, 6.45) is 2.04. The molecule has 0 spiro atoms. The molecule has 6 nitrogen and oxygen atoms in total. The number of hydrogen-bond acceptors (Lipinski definition) is 4. The molecule has 2 aromatic rings. The minimum atomic E-state index is 0. The Balaban J connectivity index is 0.00000363.